The second-order valence-electron chi connectivity index (χ2n) is 8.63. The third-order valence-electron chi connectivity index (χ3n) is 6.21. The first-order valence-electron chi connectivity index (χ1n) is 11.5. The first kappa shape index (κ1) is 21.8. The van der Waals surface area contributed by atoms with E-state index in [2.05, 4.69) is 21.3 Å². The van der Waals surface area contributed by atoms with E-state index >= 15 is 0 Å². The molecule has 0 saturated heterocycles. The van der Waals surface area contributed by atoms with E-state index in [1.165, 1.54) is 0 Å². The summed E-state index contributed by atoms with van der Waals surface area (Å²) in [5, 5.41) is 6.51. The number of carbonyl (C=O) groups excluding carboxylic acids is 1. The monoisotopic (exact) mass is 452 g/mol. The van der Waals surface area contributed by atoms with Crippen LogP contribution in [0.25, 0.3) is 11.0 Å². The van der Waals surface area contributed by atoms with Crippen molar-refractivity contribution in [3.05, 3.63) is 94.7 Å². The molecule has 34 heavy (non-hydrogen) atoms. The molecule has 6 nitrogen and oxygen atoms in total. The molecule has 2 heterocycles. The number of amides is 1. The molecule has 5 rings (SSSR count). The van der Waals surface area contributed by atoms with Crippen LogP contribution in [0, 0.1) is 13.8 Å². The number of aromatic nitrogens is 2. The smallest absolute Gasteiger partial charge is 0.255 e. The molecule has 6 heteroatoms. The summed E-state index contributed by atoms with van der Waals surface area (Å²) in [5.41, 5.74) is 7.26. The van der Waals surface area contributed by atoms with Crippen LogP contribution in [-0.2, 0) is 4.79 Å². The van der Waals surface area contributed by atoms with Crippen molar-refractivity contribution >= 4 is 28.6 Å². The molecule has 172 valence electrons. The van der Waals surface area contributed by atoms with E-state index in [-0.39, 0.29) is 11.9 Å². The van der Waals surface area contributed by atoms with Crippen molar-refractivity contribution in [2.75, 3.05) is 17.2 Å². The van der Waals surface area contributed by atoms with E-state index in [4.69, 9.17) is 9.72 Å². The van der Waals surface area contributed by atoms with Gasteiger partial charge in [0.15, 0.2) is 0 Å². The number of para-hydroxylation sites is 2. The van der Waals surface area contributed by atoms with E-state index in [0.717, 1.165) is 50.8 Å². The maximum absolute atomic E-state index is 13.8. The van der Waals surface area contributed by atoms with Crippen LogP contribution in [0.2, 0.25) is 0 Å². The number of carbonyl (C=O) groups is 1. The van der Waals surface area contributed by atoms with Crippen LogP contribution >= 0.6 is 0 Å². The highest BCUT2D eigenvalue weighted by molar-refractivity contribution is 6.06. The molecular weight excluding hydrogens is 424 g/mol. The SMILES string of the molecule is CCOc1ccc(C2C(C(=O)Nc3ccc(C)cc3C)=C(C)Nc3nc4ccccc4n32)cc1. The molecule has 0 spiro atoms. The first-order valence-corrected chi connectivity index (χ1v) is 11.5. The summed E-state index contributed by atoms with van der Waals surface area (Å²) in [6.45, 7) is 8.55. The summed E-state index contributed by atoms with van der Waals surface area (Å²) in [4.78, 5) is 18.6. The lowest BCUT2D eigenvalue weighted by Gasteiger charge is -2.31. The first-order chi connectivity index (χ1) is 16.5. The number of benzene rings is 3. The number of anilines is 2. The fourth-order valence-electron chi connectivity index (χ4n) is 4.63. The van der Waals surface area contributed by atoms with Crippen molar-refractivity contribution in [1.29, 1.82) is 0 Å². The molecule has 3 aromatic carbocycles. The molecule has 0 fully saturated rings. The van der Waals surface area contributed by atoms with Gasteiger partial charge in [-0.05, 0) is 69.2 Å². The molecule has 1 atom stereocenters. The molecule has 1 aliphatic rings. The molecule has 0 bridgehead atoms. The zero-order valence-corrected chi connectivity index (χ0v) is 19.8. The summed E-state index contributed by atoms with van der Waals surface area (Å²) in [7, 11) is 0. The van der Waals surface area contributed by atoms with E-state index in [0.29, 0.717) is 12.2 Å². The third kappa shape index (κ3) is 3.81. The number of fused-ring (bicyclic) bond motifs is 3. The quantitative estimate of drug-likeness (QED) is 0.391. The van der Waals surface area contributed by atoms with E-state index < -0.39 is 0 Å². The number of nitrogens with one attached hydrogen (secondary N) is 2. The zero-order chi connectivity index (χ0) is 23.8. The minimum absolute atomic E-state index is 0.140. The predicted octanol–water partition coefficient (Wildman–Crippen LogP) is 5.98. The van der Waals surface area contributed by atoms with Crippen LogP contribution < -0.4 is 15.4 Å². The Bertz CT molecular complexity index is 1420. The van der Waals surface area contributed by atoms with Crippen molar-refractivity contribution in [3.8, 4) is 5.75 Å². The van der Waals surface area contributed by atoms with Gasteiger partial charge < -0.3 is 15.4 Å². The van der Waals surface area contributed by atoms with Gasteiger partial charge in [-0.3, -0.25) is 9.36 Å². The van der Waals surface area contributed by atoms with E-state index in [9.17, 15) is 4.79 Å². The molecule has 1 aromatic heterocycles. The molecular formula is C28H28N4O2. The Morgan fingerprint density at radius 1 is 1.06 bits per heavy atom. The van der Waals surface area contributed by atoms with Gasteiger partial charge in [0.1, 0.15) is 5.75 Å². The van der Waals surface area contributed by atoms with Gasteiger partial charge in [-0.15, -0.1) is 0 Å². The molecule has 0 aliphatic carbocycles. The van der Waals surface area contributed by atoms with E-state index in [1.54, 1.807) is 0 Å². The highest BCUT2D eigenvalue weighted by Gasteiger charge is 2.34. The van der Waals surface area contributed by atoms with Crippen LogP contribution in [0.15, 0.2) is 78.0 Å². The Labute approximate surface area is 199 Å². The minimum atomic E-state index is -0.343. The summed E-state index contributed by atoms with van der Waals surface area (Å²) in [5.74, 6) is 1.39. The predicted molar refractivity (Wildman–Crippen MR) is 136 cm³/mol. The summed E-state index contributed by atoms with van der Waals surface area (Å²) in [6.07, 6.45) is 0. The number of allylic oxidation sites excluding steroid dienone is 1. The lowest BCUT2D eigenvalue weighted by Crippen LogP contribution is -2.31. The molecule has 1 unspecified atom stereocenters. The largest absolute Gasteiger partial charge is 0.494 e. The Hall–Kier alpha value is -4.06. The van der Waals surface area contributed by atoms with Gasteiger partial charge in [0.25, 0.3) is 5.91 Å². The van der Waals surface area contributed by atoms with Crippen LogP contribution in [0.1, 0.15) is 36.6 Å². The molecule has 0 saturated carbocycles. The van der Waals surface area contributed by atoms with Gasteiger partial charge in [0.2, 0.25) is 5.95 Å². The number of ether oxygens (including phenoxy) is 1. The average molecular weight is 453 g/mol. The topological polar surface area (TPSA) is 68.2 Å². The number of aryl methyl sites for hydroxylation is 2. The van der Waals surface area contributed by atoms with Crippen LogP contribution in [0.5, 0.6) is 5.75 Å². The molecule has 1 amide bonds. The second kappa shape index (κ2) is 8.71. The van der Waals surface area contributed by atoms with Crippen molar-refractivity contribution in [1.82, 2.24) is 9.55 Å². The number of nitrogens with zero attached hydrogens (tertiary/aromatic N) is 2. The maximum atomic E-state index is 13.8. The van der Waals surface area contributed by atoms with Crippen molar-refractivity contribution in [2.45, 2.75) is 33.7 Å². The molecule has 4 aromatic rings. The lowest BCUT2D eigenvalue weighted by molar-refractivity contribution is -0.113. The number of hydrogen-bond acceptors (Lipinski definition) is 4. The fourth-order valence-corrected chi connectivity index (χ4v) is 4.63. The Morgan fingerprint density at radius 2 is 1.82 bits per heavy atom. The fraction of sp³-hybridized carbons (Fsp3) is 0.214. The second-order valence-corrected chi connectivity index (χ2v) is 8.63. The number of hydrogen-bond donors (Lipinski definition) is 2. The summed E-state index contributed by atoms with van der Waals surface area (Å²) < 4.78 is 7.75. The van der Waals surface area contributed by atoms with Crippen molar-refractivity contribution in [3.63, 3.8) is 0 Å². The summed E-state index contributed by atoms with van der Waals surface area (Å²) >= 11 is 0. The van der Waals surface area contributed by atoms with Gasteiger partial charge in [-0.1, -0.05) is 42.0 Å². The van der Waals surface area contributed by atoms with Gasteiger partial charge in [0, 0.05) is 11.4 Å². The Kier molecular flexibility index (Phi) is 5.57. The molecule has 0 radical (unpaired) electrons. The lowest BCUT2D eigenvalue weighted by atomic mass is 9.94. The Balaban J connectivity index is 1.63. The highest BCUT2D eigenvalue weighted by Crippen LogP contribution is 2.40. The Morgan fingerprint density at radius 3 is 2.56 bits per heavy atom. The third-order valence-corrected chi connectivity index (χ3v) is 6.21. The van der Waals surface area contributed by atoms with Gasteiger partial charge in [-0.25, -0.2) is 4.98 Å². The average Bonchev–Trinajstić information content (AvgIpc) is 3.18. The summed E-state index contributed by atoms with van der Waals surface area (Å²) in [6, 6.07) is 21.6. The van der Waals surface area contributed by atoms with Gasteiger partial charge in [0.05, 0.1) is 29.3 Å². The van der Waals surface area contributed by atoms with Crippen LogP contribution in [0.4, 0.5) is 11.6 Å². The van der Waals surface area contributed by atoms with Gasteiger partial charge >= 0.3 is 0 Å². The van der Waals surface area contributed by atoms with Gasteiger partial charge in [-0.2, -0.15) is 0 Å². The number of rotatable bonds is 5. The van der Waals surface area contributed by atoms with Crippen molar-refractivity contribution < 1.29 is 9.53 Å². The molecule has 2 N–H and O–H groups in total. The zero-order valence-electron chi connectivity index (χ0n) is 19.8. The standard InChI is InChI=1S/C28H28N4O2/c1-5-34-21-13-11-20(12-14-21)26-25(27(33)30-22-15-10-17(2)16-18(22)3)19(4)29-28-31-23-8-6-7-9-24(23)32(26)28/h6-16,26H,5H2,1-4H3,(H,29,31)(H,30,33). The minimum Gasteiger partial charge on any atom is -0.494 e. The van der Waals surface area contributed by atoms with E-state index in [1.807, 2.05) is 88.4 Å². The molecule has 1 aliphatic heterocycles. The maximum Gasteiger partial charge on any atom is 0.255 e. The normalized spacial score (nSPS) is 15.1. The van der Waals surface area contributed by atoms with Crippen molar-refractivity contribution in [2.24, 2.45) is 0 Å². The number of imidazole rings is 1. The van der Waals surface area contributed by atoms with Crippen LogP contribution in [0.3, 0.4) is 0 Å². The van der Waals surface area contributed by atoms with Crippen LogP contribution in [-0.4, -0.2) is 22.1 Å². The highest BCUT2D eigenvalue weighted by atomic mass is 16.5.